The topological polar surface area (TPSA) is 57.5 Å². The highest BCUT2D eigenvalue weighted by molar-refractivity contribution is 8.14. The Bertz CT molecular complexity index is 243. The molecule has 0 radical (unpaired) electrons. The number of unbranched alkanes of at least 4 members (excludes halogenated alkanes) is 3. The van der Waals surface area contributed by atoms with E-state index in [4.69, 9.17) is 10.1 Å². The van der Waals surface area contributed by atoms with Crippen LogP contribution in [0.25, 0.3) is 0 Å². The maximum atomic E-state index is 7.30. The van der Waals surface area contributed by atoms with E-state index in [1.807, 2.05) is 0 Å². The van der Waals surface area contributed by atoms with Crippen LogP contribution >= 0.6 is 11.8 Å². The van der Waals surface area contributed by atoms with Gasteiger partial charge in [0, 0.05) is 18.8 Å². The fourth-order valence-corrected chi connectivity index (χ4v) is 2.03. The molecule has 1 heterocycles. The Hall–Kier alpha value is -0.550. The fraction of sp³-hybridized carbons (Fsp3) is 0.818. The first kappa shape index (κ1) is 13.5. The van der Waals surface area contributed by atoms with Crippen LogP contribution in [0.1, 0.15) is 39.0 Å². The average Bonchev–Trinajstić information content (AvgIpc) is 2.30. The molecule has 0 aromatic heterocycles. The minimum Gasteiger partial charge on any atom is -0.381 e. The number of thioether (sulfide) groups is 1. The number of ether oxygens (including phenoxy) is 1. The van der Waals surface area contributed by atoms with Crippen LogP contribution < -0.4 is 5.43 Å². The van der Waals surface area contributed by atoms with Gasteiger partial charge >= 0.3 is 0 Å². The summed E-state index contributed by atoms with van der Waals surface area (Å²) in [6.45, 7) is 3.83. The summed E-state index contributed by atoms with van der Waals surface area (Å²) in [6, 6.07) is 0. The Labute approximate surface area is 102 Å². The number of rotatable bonds is 8. The summed E-state index contributed by atoms with van der Waals surface area (Å²) in [6.07, 6.45) is 5.88. The highest BCUT2D eigenvalue weighted by atomic mass is 32.2. The molecular weight excluding hydrogens is 222 g/mol. The summed E-state index contributed by atoms with van der Waals surface area (Å²) < 4.78 is 5.54. The molecule has 1 aliphatic rings. The molecule has 0 bridgehead atoms. The molecule has 16 heavy (non-hydrogen) atoms. The molecule has 0 saturated carbocycles. The highest BCUT2D eigenvalue weighted by Crippen LogP contribution is 2.08. The number of hydrogen-bond acceptors (Lipinski definition) is 4. The van der Waals surface area contributed by atoms with E-state index < -0.39 is 0 Å². The third-order valence-electron chi connectivity index (χ3n) is 2.38. The number of hydrazone groups is 1. The van der Waals surface area contributed by atoms with Gasteiger partial charge in [0.1, 0.15) is 0 Å². The SMILES string of the molecule is CCCCCCOCCC1=NNC(=N)SC1. The molecule has 0 unspecified atom stereocenters. The second kappa shape index (κ2) is 8.58. The average molecular weight is 243 g/mol. The molecule has 0 aliphatic carbocycles. The maximum absolute atomic E-state index is 7.30. The lowest BCUT2D eigenvalue weighted by Crippen LogP contribution is -2.24. The van der Waals surface area contributed by atoms with Gasteiger partial charge in [-0.2, -0.15) is 5.10 Å². The van der Waals surface area contributed by atoms with E-state index in [-0.39, 0.29) is 0 Å². The van der Waals surface area contributed by atoms with Crippen molar-refractivity contribution in [2.75, 3.05) is 19.0 Å². The van der Waals surface area contributed by atoms with Crippen LogP contribution in [0.3, 0.4) is 0 Å². The van der Waals surface area contributed by atoms with Gasteiger partial charge in [0.25, 0.3) is 0 Å². The van der Waals surface area contributed by atoms with Crippen LogP contribution in [0.15, 0.2) is 5.10 Å². The van der Waals surface area contributed by atoms with Crippen molar-refractivity contribution < 1.29 is 4.74 Å². The van der Waals surface area contributed by atoms with E-state index in [1.165, 1.54) is 31.0 Å². The summed E-state index contributed by atoms with van der Waals surface area (Å²) in [4.78, 5) is 0. The van der Waals surface area contributed by atoms with Gasteiger partial charge in [-0.1, -0.05) is 37.9 Å². The van der Waals surface area contributed by atoms with E-state index in [2.05, 4.69) is 17.5 Å². The van der Waals surface area contributed by atoms with Crippen molar-refractivity contribution in [1.29, 1.82) is 5.41 Å². The third-order valence-corrected chi connectivity index (χ3v) is 3.23. The monoisotopic (exact) mass is 243 g/mol. The maximum Gasteiger partial charge on any atom is 0.174 e. The lowest BCUT2D eigenvalue weighted by molar-refractivity contribution is 0.136. The molecule has 0 fully saturated rings. The van der Waals surface area contributed by atoms with Crippen molar-refractivity contribution >= 4 is 22.6 Å². The summed E-state index contributed by atoms with van der Waals surface area (Å²) in [7, 11) is 0. The van der Waals surface area contributed by atoms with Gasteiger partial charge in [0.15, 0.2) is 5.17 Å². The molecule has 0 atom stereocenters. The van der Waals surface area contributed by atoms with Gasteiger partial charge < -0.3 is 4.74 Å². The molecule has 0 amide bonds. The zero-order chi connectivity index (χ0) is 11.6. The summed E-state index contributed by atoms with van der Waals surface area (Å²) in [5.74, 6) is 0.824. The second-order valence-corrected chi connectivity index (χ2v) is 4.82. The zero-order valence-electron chi connectivity index (χ0n) is 9.92. The first-order valence-corrected chi connectivity index (χ1v) is 6.92. The Morgan fingerprint density at radius 2 is 2.25 bits per heavy atom. The van der Waals surface area contributed by atoms with Crippen molar-refractivity contribution in [3.63, 3.8) is 0 Å². The quantitative estimate of drug-likeness (QED) is 0.644. The zero-order valence-corrected chi connectivity index (χ0v) is 10.7. The molecule has 0 aromatic rings. The molecule has 2 N–H and O–H groups in total. The molecule has 0 aromatic carbocycles. The van der Waals surface area contributed by atoms with Gasteiger partial charge in [-0.25, -0.2) is 0 Å². The van der Waals surface area contributed by atoms with Crippen LogP contribution in [-0.4, -0.2) is 29.8 Å². The fourth-order valence-electron chi connectivity index (χ4n) is 1.40. The van der Waals surface area contributed by atoms with Gasteiger partial charge in [-0.05, 0) is 6.42 Å². The molecule has 0 spiro atoms. The molecule has 1 rings (SSSR count). The normalized spacial score (nSPS) is 15.8. The Balaban J connectivity index is 1.93. The summed E-state index contributed by atoms with van der Waals surface area (Å²) >= 11 is 1.49. The van der Waals surface area contributed by atoms with Crippen LogP contribution in [0.2, 0.25) is 0 Å². The third kappa shape index (κ3) is 6.12. The van der Waals surface area contributed by atoms with E-state index in [0.29, 0.717) is 5.17 Å². The second-order valence-electron chi connectivity index (χ2n) is 3.83. The van der Waals surface area contributed by atoms with E-state index >= 15 is 0 Å². The molecule has 1 aliphatic heterocycles. The van der Waals surface area contributed by atoms with Crippen molar-refractivity contribution in [1.82, 2.24) is 5.43 Å². The summed E-state index contributed by atoms with van der Waals surface area (Å²) in [5.41, 5.74) is 3.77. The van der Waals surface area contributed by atoms with Gasteiger partial charge in [-0.15, -0.1) is 0 Å². The van der Waals surface area contributed by atoms with E-state index in [0.717, 1.165) is 37.5 Å². The molecule has 5 heteroatoms. The first-order valence-electron chi connectivity index (χ1n) is 5.93. The van der Waals surface area contributed by atoms with Crippen molar-refractivity contribution in [3.8, 4) is 0 Å². The first-order chi connectivity index (χ1) is 7.83. The number of hydrogen-bond donors (Lipinski definition) is 2. The standard InChI is InChI=1S/C11H21N3OS/c1-2-3-4-5-7-15-8-6-10-9-16-11(12)14-13-10/h2-9H2,1H3,(H2,12,14). The van der Waals surface area contributed by atoms with Crippen LogP contribution in [0.4, 0.5) is 0 Å². The predicted octanol–water partition coefficient (Wildman–Crippen LogP) is 2.60. The smallest absolute Gasteiger partial charge is 0.174 e. The van der Waals surface area contributed by atoms with Gasteiger partial charge in [0.05, 0.1) is 12.3 Å². The van der Waals surface area contributed by atoms with Crippen molar-refractivity contribution in [2.24, 2.45) is 5.10 Å². The number of amidine groups is 1. The van der Waals surface area contributed by atoms with Crippen molar-refractivity contribution in [2.45, 2.75) is 39.0 Å². The minimum atomic E-state index is 0.434. The number of nitrogens with one attached hydrogen (secondary N) is 2. The number of nitrogens with zero attached hydrogens (tertiary/aromatic N) is 1. The molecule has 92 valence electrons. The van der Waals surface area contributed by atoms with Crippen molar-refractivity contribution in [3.05, 3.63) is 0 Å². The Morgan fingerprint density at radius 3 is 2.94 bits per heavy atom. The van der Waals surface area contributed by atoms with Gasteiger partial charge in [-0.3, -0.25) is 10.8 Å². The predicted molar refractivity (Wildman–Crippen MR) is 70.3 cm³/mol. The van der Waals surface area contributed by atoms with E-state index in [1.54, 1.807) is 0 Å². The lowest BCUT2D eigenvalue weighted by Gasteiger charge is -2.13. The Kier molecular flexibility index (Phi) is 7.25. The Morgan fingerprint density at radius 1 is 1.38 bits per heavy atom. The largest absolute Gasteiger partial charge is 0.381 e. The van der Waals surface area contributed by atoms with Crippen LogP contribution in [-0.2, 0) is 4.74 Å². The highest BCUT2D eigenvalue weighted by Gasteiger charge is 2.08. The molecule has 4 nitrogen and oxygen atoms in total. The molecular formula is C11H21N3OS. The minimum absolute atomic E-state index is 0.434. The lowest BCUT2D eigenvalue weighted by atomic mass is 10.2. The van der Waals surface area contributed by atoms with Crippen LogP contribution in [0.5, 0.6) is 0 Å². The van der Waals surface area contributed by atoms with E-state index in [9.17, 15) is 0 Å². The van der Waals surface area contributed by atoms with Gasteiger partial charge in [0.2, 0.25) is 0 Å². The van der Waals surface area contributed by atoms with Crippen LogP contribution in [0, 0.1) is 5.41 Å². The summed E-state index contributed by atoms with van der Waals surface area (Å²) in [5, 5.41) is 11.8. The molecule has 0 saturated heterocycles.